The molecule has 1 spiro atoms. The third-order valence-electron chi connectivity index (χ3n) is 16.8. The molecule has 0 saturated heterocycles. The average molecular weight is 967 g/mol. The molecule has 5 heteroatoms. The van der Waals surface area contributed by atoms with Crippen molar-refractivity contribution >= 4 is 43.7 Å². The van der Waals surface area contributed by atoms with Gasteiger partial charge < -0.3 is 4.42 Å². The molecular formula is C71H42N4O. The van der Waals surface area contributed by atoms with E-state index in [1.807, 2.05) is 6.07 Å². The van der Waals surface area contributed by atoms with Crippen LogP contribution < -0.4 is 0 Å². The van der Waals surface area contributed by atoms with E-state index in [0.29, 0.717) is 17.6 Å². The minimum absolute atomic E-state index is 0.0299. The summed E-state index contributed by atoms with van der Waals surface area (Å²) >= 11 is 0. The molecule has 0 bridgehead atoms. The minimum atomic E-state index is -0.425. The molecule has 0 N–H and O–H groups in total. The van der Waals surface area contributed by atoms with Crippen molar-refractivity contribution in [2.24, 2.45) is 0 Å². The van der Waals surface area contributed by atoms with Gasteiger partial charge in [-0.3, -0.25) is 4.57 Å². The standard InChI is InChI=1S/C71H42N4O/c1-2-18-42(19-3-1)46-29-17-35-64-67(46)54-37-36-45(39-65(54)76-64)69-72-68(73-70(74-69)75-62-33-14-9-26-51(62)52-27-10-15-34-63(52)75)44-21-16-20-43(38-44)66-53-28-5-4-22-47(53)55-41-61-56(40-57(55)66)50-25-8-13-32-60(50)71(61)58-30-11-6-23-48(58)49-24-7-12-31-59(49)71/h1-41,66H. The normalized spacial score (nSPS) is 14.3. The summed E-state index contributed by atoms with van der Waals surface area (Å²) in [5, 5.41) is 4.41. The van der Waals surface area contributed by atoms with Crippen LogP contribution in [0.5, 0.6) is 0 Å². The second kappa shape index (κ2) is 15.5. The molecule has 0 radical (unpaired) electrons. The zero-order chi connectivity index (χ0) is 49.6. The van der Waals surface area contributed by atoms with E-state index in [4.69, 9.17) is 19.4 Å². The molecule has 0 aliphatic heterocycles. The van der Waals surface area contributed by atoms with E-state index in [1.165, 1.54) is 72.3 Å². The Kier molecular flexibility index (Phi) is 8.48. The maximum atomic E-state index is 6.67. The van der Waals surface area contributed by atoms with Crippen molar-refractivity contribution in [3.8, 4) is 73.2 Å². The highest BCUT2D eigenvalue weighted by molar-refractivity contribution is 6.13. The molecule has 5 nitrogen and oxygen atoms in total. The fourth-order valence-corrected chi connectivity index (χ4v) is 13.7. The zero-order valence-corrected chi connectivity index (χ0v) is 40.9. The quantitative estimate of drug-likeness (QED) is 0.172. The SMILES string of the molecule is c1ccc(-c2cccc3oc4cc(-c5nc(-c6cccc(C7c8ccccc8-c8cc9c(cc87)-c7ccccc7C97c8ccccc8-c8ccccc87)c6)nc(-n6c7ccccc7c7ccccc76)n5)ccc4c23)cc1. The van der Waals surface area contributed by atoms with Gasteiger partial charge in [0.2, 0.25) is 5.95 Å². The Bertz CT molecular complexity index is 4690. The molecule has 0 saturated carbocycles. The van der Waals surface area contributed by atoms with E-state index in [1.54, 1.807) is 0 Å². The summed E-state index contributed by atoms with van der Waals surface area (Å²) in [6.45, 7) is 0. The van der Waals surface area contributed by atoms with Crippen molar-refractivity contribution < 1.29 is 4.42 Å². The predicted octanol–water partition coefficient (Wildman–Crippen LogP) is 17.4. The number of nitrogens with zero attached hydrogens (tertiary/aromatic N) is 4. The lowest BCUT2D eigenvalue weighted by Gasteiger charge is -2.30. The fraction of sp³-hybridized carbons (Fsp3) is 0.0282. The number of hydrogen-bond acceptors (Lipinski definition) is 4. The van der Waals surface area contributed by atoms with Crippen molar-refractivity contribution in [2.45, 2.75) is 11.3 Å². The minimum Gasteiger partial charge on any atom is -0.456 e. The van der Waals surface area contributed by atoms with Gasteiger partial charge in [-0.25, -0.2) is 4.98 Å². The summed E-state index contributed by atoms with van der Waals surface area (Å²) in [6, 6.07) is 90.4. The lowest BCUT2D eigenvalue weighted by molar-refractivity contribution is 0.669. The van der Waals surface area contributed by atoms with Gasteiger partial charge in [-0.05, 0) is 132 Å². The van der Waals surface area contributed by atoms with Crippen LogP contribution in [0.3, 0.4) is 0 Å². The third-order valence-corrected chi connectivity index (χ3v) is 16.8. The van der Waals surface area contributed by atoms with Crippen LogP contribution in [0, 0.1) is 0 Å². The van der Waals surface area contributed by atoms with Crippen LogP contribution in [0.1, 0.15) is 44.9 Å². The monoisotopic (exact) mass is 966 g/mol. The summed E-state index contributed by atoms with van der Waals surface area (Å²) in [5.74, 6) is 1.67. The van der Waals surface area contributed by atoms with Gasteiger partial charge in [0.25, 0.3) is 0 Å². The third kappa shape index (κ3) is 5.61. The van der Waals surface area contributed by atoms with Crippen LogP contribution in [-0.2, 0) is 5.41 Å². The number of aromatic nitrogens is 4. The summed E-state index contributed by atoms with van der Waals surface area (Å²) in [6.07, 6.45) is 0. The molecule has 1 unspecified atom stereocenters. The van der Waals surface area contributed by atoms with Gasteiger partial charge in [-0.15, -0.1) is 0 Å². The van der Waals surface area contributed by atoms with Crippen molar-refractivity contribution in [1.29, 1.82) is 0 Å². The molecule has 0 amide bonds. The first kappa shape index (κ1) is 41.5. The highest BCUT2D eigenvalue weighted by Gasteiger charge is 2.52. The first-order chi connectivity index (χ1) is 37.7. The first-order valence-corrected chi connectivity index (χ1v) is 26.1. The Morgan fingerprint density at radius 2 is 0.908 bits per heavy atom. The molecule has 3 heterocycles. The second-order valence-corrected chi connectivity index (χ2v) is 20.5. The van der Waals surface area contributed by atoms with E-state index in [2.05, 4.69) is 247 Å². The number of furan rings is 1. The van der Waals surface area contributed by atoms with Crippen molar-refractivity contribution in [1.82, 2.24) is 19.5 Å². The van der Waals surface area contributed by atoms with Crippen LogP contribution in [0.4, 0.5) is 0 Å². The second-order valence-electron chi connectivity index (χ2n) is 20.5. The Morgan fingerprint density at radius 1 is 0.342 bits per heavy atom. The molecular weight excluding hydrogens is 925 g/mol. The molecule has 0 fully saturated rings. The smallest absolute Gasteiger partial charge is 0.238 e. The van der Waals surface area contributed by atoms with Crippen molar-refractivity contribution in [2.75, 3.05) is 0 Å². The zero-order valence-electron chi connectivity index (χ0n) is 40.9. The van der Waals surface area contributed by atoms with E-state index >= 15 is 0 Å². The Hall–Kier alpha value is -9.97. The Labute approximate surface area is 437 Å². The van der Waals surface area contributed by atoms with Gasteiger partial charge in [-0.2, -0.15) is 9.97 Å². The van der Waals surface area contributed by atoms with Gasteiger partial charge >= 0.3 is 0 Å². The number of hydrogen-bond donors (Lipinski definition) is 0. The summed E-state index contributed by atoms with van der Waals surface area (Å²) in [4.78, 5) is 16.2. The van der Waals surface area contributed by atoms with Gasteiger partial charge in [0.1, 0.15) is 11.2 Å². The lowest BCUT2D eigenvalue weighted by Crippen LogP contribution is -2.25. The lowest BCUT2D eigenvalue weighted by atomic mass is 9.70. The number of para-hydroxylation sites is 2. The number of benzene rings is 11. The maximum Gasteiger partial charge on any atom is 0.238 e. The summed E-state index contributed by atoms with van der Waals surface area (Å²) in [5.41, 5.74) is 24.2. The van der Waals surface area contributed by atoms with Crippen molar-refractivity contribution in [3.05, 3.63) is 288 Å². The molecule has 11 aromatic carbocycles. The van der Waals surface area contributed by atoms with Crippen LogP contribution in [0.15, 0.2) is 253 Å². The molecule has 3 aromatic heterocycles. The highest BCUT2D eigenvalue weighted by atomic mass is 16.3. The molecule has 17 rings (SSSR count). The topological polar surface area (TPSA) is 56.7 Å². The molecule has 1 atom stereocenters. The number of rotatable bonds is 5. The largest absolute Gasteiger partial charge is 0.456 e. The molecule has 3 aliphatic carbocycles. The van der Waals surface area contributed by atoms with Crippen LogP contribution in [0.25, 0.3) is 117 Å². The van der Waals surface area contributed by atoms with Crippen molar-refractivity contribution in [3.63, 3.8) is 0 Å². The van der Waals surface area contributed by atoms with E-state index < -0.39 is 5.41 Å². The average Bonchev–Trinajstić information content (AvgIpc) is 4.46. The highest BCUT2D eigenvalue weighted by Crippen LogP contribution is 2.64. The molecule has 14 aromatic rings. The fourth-order valence-electron chi connectivity index (χ4n) is 13.7. The number of fused-ring (bicyclic) bond motifs is 19. The first-order valence-electron chi connectivity index (χ1n) is 26.1. The Balaban J connectivity index is 0.856. The van der Waals surface area contributed by atoms with Crippen LogP contribution in [0.2, 0.25) is 0 Å². The molecule has 3 aliphatic rings. The summed E-state index contributed by atoms with van der Waals surface area (Å²) < 4.78 is 8.85. The molecule has 352 valence electrons. The molecule has 76 heavy (non-hydrogen) atoms. The Morgan fingerprint density at radius 3 is 1.62 bits per heavy atom. The van der Waals surface area contributed by atoms with Gasteiger partial charge in [-0.1, -0.05) is 200 Å². The van der Waals surface area contributed by atoms with E-state index in [9.17, 15) is 0 Å². The van der Waals surface area contributed by atoms with Gasteiger partial charge in [0.15, 0.2) is 11.6 Å². The summed E-state index contributed by atoms with van der Waals surface area (Å²) in [7, 11) is 0. The predicted molar refractivity (Wildman–Crippen MR) is 307 cm³/mol. The van der Waals surface area contributed by atoms with E-state index in [-0.39, 0.29) is 5.92 Å². The van der Waals surface area contributed by atoms with Gasteiger partial charge in [0, 0.05) is 38.6 Å². The van der Waals surface area contributed by atoms with E-state index in [0.717, 1.165) is 66.0 Å². The van der Waals surface area contributed by atoms with Crippen LogP contribution >= 0.6 is 0 Å². The maximum absolute atomic E-state index is 6.67. The van der Waals surface area contributed by atoms with Gasteiger partial charge in [0.05, 0.1) is 16.4 Å². The van der Waals surface area contributed by atoms with Crippen LogP contribution in [-0.4, -0.2) is 19.5 Å².